The number of rotatable bonds is 3. The van der Waals surface area contributed by atoms with E-state index in [1.807, 2.05) is 11.6 Å². The van der Waals surface area contributed by atoms with E-state index < -0.39 is 0 Å². The molecule has 2 aliphatic rings. The molecule has 0 aliphatic carbocycles. The molecule has 2 aromatic rings. The average Bonchev–Trinajstić information content (AvgIpc) is 2.96. The van der Waals surface area contributed by atoms with E-state index >= 15 is 0 Å². The van der Waals surface area contributed by atoms with Crippen LogP contribution in [0.1, 0.15) is 40.9 Å². The minimum Gasteiger partial charge on any atom is -0.340 e. The summed E-state index contributed by atoms with van der Waals surface area (Å²) < 4.78 is 2.01. The summed E-state index contributed by atoms with van der Waals surface area (Å²) >= 11 is 0. The Morgan fingerprint density at radius 3 is 2.54 bits per heavy atom. The molecule has 4 nitrogen and oxygen atoms in total. The molecule has 0 amide bonds. The zero-order chi connectivity index (χ0) is 18.1. The summed E-state index contributed by atoms with van der Waals surface area (Å²) in [6.45, 7) is 7.71. The first kappa shape index (κ1) is 17.3. The zero-order valence-corrected chi connectivity index (χ0v) is 15.9. The van der Waals surface area contributed by atoms with Crippen LogP contribution in [0.15, 0.2) is 30.3 Å². The summed E-state index contributed by atoms with van der Waals surface area (Å²) in [6, 6.07) is 14.0. The Kier molecular flexibility index (Phi) is 4.84. The summed E-state index contributed by atoms with van der Waals surface area (Å²) in [7, 11) is 1.98. The topological polar surface area (TPSA) is 35.2 Å². The van der Waals surface area contributed by atoms with Gasteiger partial charge in [-0.3, -0.25) is 9.80 Å². The molecule has 0 atom stereocenters. The van der Waals surface area contributed by atoms with Gasteiger partial charge in [-0.25, -0.2) is 0 Å². The molecule has 3 heterocycles. The van der Waals surface area contributed by atoms with Gasteiger partial charge in [0.25, 0.3) is 0 Å². The highest BCUT2D eigenvalue weighted by Crippen LogP contribution is 2.26. The van der Waals surface area contributed by atoms with Crippen molar-refractivity contribution in [3.63, 3.8) is 0 Å². The molecule has 1 fully saturated rings. The highest BCUT2D eigenvalue weighted by molar-refractivity contribution is 5.34. The monoisotopic (exact) mass is 348 g/mol. The Hall–Kier alpha value is -2.09. The van der Waals surface area contributed by atoms with Crippen molar-refractivity contribution >= 4 is 0 Å². The number of nitriles is 1. The maximum Gasteiger partial charge on any atom is 0.120 e. The van der Waals surface area contributed by atoms with Gasteiger partial charge in [0.2, 0.25) is 0 Å². The maximum atomic E-state index is 9.22. The second-order valence-corrected chi connectivity index (χ2v) is 7.81. The van der Waals surface area contributed by atoms with Crippen molar-refractivity contribution in [2.45, 2.75) is 45.3 Å². The molecule has 1 aromatic heterocycles. The van der Waals surface area contributed by atoms with Gasteiger partial charge in [-0.15, -0.1) is 0 Å². The van der Waals surface area contributed by atoms with Gasteiger partial charge in [-0.2, -0.15) is 5.26 Å². The predicted octanol–water partition coefficient (Wildman–Crippen LogP) is 3.23. The average molecular weight is 348 g/mol. The largest absolute Gasteiger partial charge is 0.340 e. The van der Waals surface area contributed by atoms with Crippen molar-refractivity contribution in [2.75, 3.05) is 19.6 Å². The SMILES string of the molecule is Cc1c(CN2CCC(N3CCc4ccccc4C3)CC2)cc(C#N)n1C. The van der Waals surface area contributed by atoms with Gasteiger partial charge < -0.3 is 4.57 Å². The highest BCUT2D eigenvalue weighted by Gasteiger charge is 2.27. The lowest BCUT2D eigenvalue weighted by atomic mass is 9.95. The number of nitrogens with zero attached hydrogens (tertiary/aromatic N) is 4. The van der Waals surface area contributed by atoms with Crippen LogP contribution in [0.25, 0.3) is 0 Å². The van der Waals surface area contributed by atoms with E-state index in [1.54, 1.807) is 0 Å². The Morgan fingerprint density at radius 2 is 1.85 bits per heavy atom. The minimum atomic E-state index is 0.714. The van der Waals surface area contributed by atoms with Gasteiger partial charge >= 0.3 is 0 Å². The molecular formula is C22H28N4. The lowest BCUT2D eigenvalue weighted by Crippen LogP contribution is -2.46. The van der Waals surface area contributed by atoms with Crippen LogP contribution in [0, 0.1) is 18.3 Å². The van der Waals surface area contributed by atoms with E-state index in [1.165, 1.54) is 48.2 Å². The highest BCUT2D eigenvalue weighted by atomic mass is 15.2. The molecule has 0 unspecified atom stereocenters. The van der Waals surface area contributed by atoms with E-state index in [0.717, 1.165) is 31.9 Å². The first-order valence-corrected chi connectivity index (χ1v) is 9.74. The smallest absolute Gasteiger partial charge is 0.120 e. The summed E-state index contributed by atoms with van der Waals surface area (Å²) in [5.41, 5.74) is 6.34. The zero-order valence-electron chi connectivity index (χ0n) is 15.9. The van der Waals surface area contributed by atoms with Crippen LogP contribution in [0.3, 0.4) is 0 Å². The molecule has 4 rings (SSSR count). The van der Waals surface area contributed by atoms with Crippen LogP contribution >= 0.6 is 0 Å². The maximum absolute atomic E-state index is 9.22. The fraction of sp³-hybridized carbons (Fsp3) is 0.500. The molecule has 0 radical (unpaired) electrons. The van der Waals surface area contributed by atoms with Crippen molar-refractivity contribution in [3.05, 3.63) is 58.4 Å². The molecule has 2 aliphatic heterocycles. The second-order valence-electron chi connectivity index (χ2n) is 7.81. The fourth-order valence-electron chi connectivity index (χ4n) is 4.54. The number of aromatic nitrogens is 1. The van der Waals surface area contributed by atoms with E-state index in [9.17, 15) is 5.26 Å². The third-order valence-corrected chi connectivity index (χ3v) is 6.38. The molecule has 26 heavy (non-hydrogen) atoms. The first-order chi connectivity index (χ1) is 12.7. The van der Waals surface area contributed by atoms with Gasteiger partial charge in [0.1, 0.15) is 11.8 Å². The number of piperidine rings is 1. The van der Waals surface area contributed by atoms with E-state index in [4.69, 9.17) is 0 Å². The van der Waals surface area contributed by atoms with Crippen LogP contribution in [0.5, 0.6) is 0 Å². The molecule has 136 valence electrons. The quantitative estimate of drug-likeness (QED) is 0.854. The van der Waals surface area contributed by atoms with Gasteiger partial charge in [-0.05, 0) is 62.0 Å². The van der Waals surface area contributed by atoms with Crippen molar-refractivity contribution in [1.82, 2.24) is 14.4 Å². The molecule has 1 saturated heterocycles. The number of benzene rings is 1. The lowest BCUT2D eigenvalue weighted by Gasteiger charge is -2.40. The van der Waals surface area contributed by atoms with Gasteiger partial charge in [-0.1, -0.05) is 24.3 Å². The summed E-state index contributed by atoms with van der Waals surface area (Å²) in [6.07, 6.45) is 3.69. The summed E-state index contributed by atoms with van der Waals surface area (Å²) in [5, 5.41) is 9.22. The summed E-state index contributed by atoms with van der Waals surface area (Å²) in [5.74, 6) is 0. The van der Waals surface area contributed by atoms with Crippen molar-refractivity contribution < 1.29 is 0 Å². The molecule has 4 heteroatoms. The standard InChI is InChI=1S/C22H28N4/c1-17-20(13-22(14-23)24(17)2)15-25-10-8-21(9-11-25)26-12-7-18-5-3-4-6-19(18)16-26/h3-6,13,21H,7-12,15-16H2,1-2H3. The number of hydrogen-bond acceptors (Lipinski definition) is 3. The Bertz CT molecular complexity index is 821. The molecule has 0 bridgehead atoms. The lowest BCUT2D eigenvalue weighted by molar-refractivity contribution is 0.0948. The van der Waals surface area contributed by atoms with E-state index in [0.29, 0.717) is 6.04 Å². The van der Waals surface area contributed by atoms with Crippen LogP contribution in [0.4, 0.5) is 0 Å². The molecule has 0 spiro atoms. The summed E-state index contributed by atoms with van der Waals surface area (Å²) in [4.78, 5) is 5.25. The molecule has 0 N–H and O–H groups in total. The Labute approximate surface area is 156 Å². The fourth-order valence-corrected chi connectivity index (χ4v) is 4.54. The van der Waals surface area contributed by atoms with Crippen LogP contribution in [-0.2, 0) is 26.6 Å². The Morgan fingerprint density at radius 1 is 1.12 bits per heavy atom. The number of hydrogen-bond donors (Lipinski definition) is 0. The van der Waals surface area contributed by atoms with Crippen LogP contribution in [-0.4, -0.2) is 40.0 Å². The second kappa shape index (κ2) is 7.26. The van der Waals surface area contributed by atoms with Gasteiger partial charge in [0.15, 0.2) is 0 Å². The van der Waals surface area contributed by atoms with E-state index in [-0.39, 0.29) is 0 Å². The first-order valence-electron chi connectivity index (χ1n) is 9.74. The van der Waals surface area contributed by atoms with Crippen molar-refractivity contribution in [1.29, 1.82) is 5.26 Å². The normalized spacial score (nSPS) is 19.3. The van der Waals surface area contributed by atoms with Gasteiger partial charge in [0.05, 0.1) is 0 Å². The Balaban J connectivity index is 1.34. The third kappa shape index (κ3) is 3.30. The number of fused-ring (bicyclic) bond motifs is 1. The third-order valence-electron chi connectivity index (χ3n) is 6.38. The van der Waals surface area contributed by atoms with Crippen molar-refractivity contribution in [2.24, 2.45) is 7.05 Å². The van der Waals surface area contributed by atoms with Crippen LogP contribution < -0.4 is 0 Å². The van der Waals surface area contributed by atoms with Gasteiger partial charge in [0, 0.05) is 38.4 Å². The van der Waals surface area contributed by atoms with Crippen LogP contribution in [0.2, 0.25) is 0 Å². The predicted molar refractivity (Wildman–Crippen MR) is 104 cm³/mol. The number of likely N-dealkylation sites (tertiary alicyclic amines) is 1. The molecule has 1 aromatic carbocycles. The van der Waals surface area contributed by atoms with E-state index in [2.05, 4.69) is 53.1 Å². The molecular weight excluding hydrogens is 320 g/mol. The molecule has 0 saturated carbocycles. The van der Waals surface area contributed by atoms with Crippen molar-refractivity contribution in [3.8, 4) is 6.07 Å². The minimum absolute atomic E-state index is 0.714.